The highest BCUT2D eigenvalue weighted by atomic mass is 16.4. The van der Waals surface area contributed by atoms with Crippen molar-refractivity contribution in [3.8, 4) is 0 Å². The topological polar surface area (TPSA) is 287 Å². The van der Waals surface area contributed by atoms with Crippen LogP contribution in [-0.2, 0) is 28.8 Å². The molecule has 1 rings (SSSR count). The van der Waals surface area contributed by atoms with E-state index in [1.54, 1.807) is 0 Å². The summed E-state index contributed by atoms with van der Waals surface area (Å²) in [6.45, 7) is 0.358. The van der Waals surface area contributed by atoms with Crippen LogP contribution in [0.4, 0.5) is 0 Å². The van der Waals surface area contributed by atoms with Gasteiger partial charge in [-0.25, -0.2) is 4.79 Å². The molecular weight excluding hydrogens is 492 g/mol. The highest BCUT2D eigenvalue weighted by Gasteiger charge is 2.38. The summed E-state index contributed by atoms with van der Waals surface area (Å²) < 4.78 is 0. The number of primary amides is 1. The molecule has 16 nitrogen and oxygen atoms in total. The van der Waals surface area contributed by atoms with Crippen molar-refractivity contribution in [1.82, 2.24) is 15.5 Å². The third-order valence-electron chi connectivity index (χ3n) is 5.70. The number of carboxylic acid groups (broad SMARTS) is 2. The highest BCUT2D eigenvalue weighted by molar-refractivity contribution is 5.94. The van der Waals surface area contributed by atoms with Crippen molar-refractivity contribution in [2.45, 2.75) is 75.5 Å². The first kappa shape index (κ1) is 31.1. The SMILES string of the molecule is NC(=O)CCC(NC(=O)C1CCCN1C(=O)C(N)CCC(=O)O)C(=O)NC(CCCN=C(N)N)C(=O)O. The zero-order valence-corrected chi connectivity index (χ0v) is 20.4. The number of aliphatic imine (C=N–C) groups is 1. The molecule has 4 atom stereocenters. The number of nitrogens with zero attached hydrogens (tertiary/aromatic N) is 2. The van der Waals surface area contributed by atoms with Crippen LogP contribution >= 0.6 is 0 Å². The van der Waals surface area contributed by atoms with Gasteiger partial charge in [0.05, 0.1) is 6.04 Å². The number of likely N-dealkylation sites (tertiary alicyclic amines) is 1. The van der Waals surface area contributed by atoms with Crippen LogP contribution in [0.3, 0.4) is 0 Å². The molecule has 1 fully saturated rings. The number of hydrogen-bond acceptors (Lipinski definition) is 8. The average molecular weight is 529 g/mol. The maximum Gasteiger partial charge on any atom is 0.326 e. The Hall–Kier alpha value is -3.95. The molecule has 0 aromatic heterocycles. The zero-order chi connectivity index (χ0) is 28.1. The molecule has 12 N–H and O–H groups in total. The van der Waals surface area contributed by atoms with E-state index in [4.69, 9.17) is 28.0 Å². The first-order chi connectivity index (χ1) is 17.3. The summed E-state index contributed by atoms with van der Waals surface area (Å²) in [7, 11) is 0. The maximum absolute atomic E-state index is 13.0. The van der Waals surface area contributed by atoms with E-state index in [1.807, 2.05) is 0 Å². The van der Waals surface area contributed by atoms with Crippen molar-refractivity contribution >= 4 is 41.5 Å². The Morgan fingerprint density at radius 1 is 0.946 bits per heavy atom. The van der Waals surface area contributed by atoms with Gasteiger partial charge in [0, 0.05) is 25.9 Å². The van der Waals surface area contributed by atoms with Crippen molar-refractivity contribution in [2.75, 3.05) is 13.1 Å². The summed E-state index contributed by atoms with van der Waals surface area (Å²) in [5, 5.41) is 23.1. The minimum Gasteiger partial charge on any atom is -0.481 e. The largest absolute Gasteiger partial charge is 0.481 e. The van der Waals surface area contributed by atoms with Crippen LogP contribution < -0.4 is 33.6 Å². The minimum atomic E-state index is -1.32. The van der Waals surface area contributed by atoms with Crippen molar-refractivity contribution in [3.63, 3.8) is 0 Å². The number of nitrogens with two attached hydrogens (primary N) is 4. The summed E-state index contributed by atoms with van der Waals surface area (Å²) in [5.74, 6) is -5.46. The van der Waals surface area contributed by atoms with Gasteiger partial charge in [0.25, 0.3) is 0 Å². The fourth-order valence-corrected chi connectivity index (χ4v) is 3.78. The van der Waals surface area contributed by atoms with Crippen molar-refractivity contribution in [1.29, 1.82) is 0 Å². The predicted octanol–water partition coefficient (Wildman–Crippen LogP) is -3.46. The van der Waals surface area contributed by atoms with E-state index in [2.05, 4.69) is 15.6 Å². The lowest BCUT2D eigenvalue weighted by atomic mass is 10.1. The van der Waals surface area contributed by atoms with Crippen LogP contribution in [0.2, 0.25) is 0 Å². The molecule has 0 saturated carbocycles. The van der Waals surface area contributed by atoms with Crippen LogP contribution in [0.15, 0.2) is 4.99 Å². The first-order valence-corrected chi connectivity index (χ1v) is 11.8. The molecule has 4 amide bonds. The van der Waals surface area contributed by atoms with E-state index in [0.717, 1.165) is 0 Å². The first-order valence-electron chi connectivity index (χ1n) is 11.8. The fourth-order valence-electron chi connectivity index (χ4n) is 3.78. The fraction of sp³-hybridized carbons (Fsp3) is 0.667. The Morgan fingerprint density at radius 2 is 1.62 bits per heavy atom. The number of rotatable bonds is 16. The molecule has 1 aliphatic heterocycles. The van der Waals surface area contributed by atoms with Gasteiger partial charge in [0.15, 0.2) is 5.96 Å². The molecule has 208 valence electrons. The monoisotopic (exact) mass is 528 g/mol. The van der Waals surface area contributed by atoms with Crippen LogP contribution in [-0.4, -0.2) is 93.9 Å². The van der Waals surface area contributed by atoms with E-state index in [9.17, 15) is 33.9 Å². The number of amides is 4. The standard InChI is InChI=1S/C21H36N8O8/c22-11(5-8-16(31)32)19(35)29-10-2-4-14(29)18(34)27-12(6-7-15(23)30)17(33)28-13(20(36)37)3-1-9-26-21(24)25/h11-14H,1-10,22H2,(H2,23,30)(H,27,34)(H,28,33)(H,31,32)(H,36,37)(H4,24,25,26). The molecule has 0 bridgehead atoms. The predicted molar refractivity (Wildman–Crippen MR) is 129 cm³/mol. The summed E-state index contributed by atoms with van der Waals surface area (Å²) in [6.07, 6.45) is 0.0920. The van der Waals surface area contributed by atoms with E-state index < -0.39 is 59.7 Å². The van der Waals surface area contributed by atoms with Gasteiger partial charge in [-0.15, -0.1) is 0 Å². The number of nitrogens with one attached hydrogen (secondary N) is 2. The number of carbonyl (C=O) groups excluding carboxylic acids is 4. The van der Waals surface area contributed by atoms with E-state index >= 15 is 0 Å². The molecule has 0 radical (unpaired) electrons. The van der Waals surface area contributed by atoms with Gasteiger partial charge in [-0.2, -0.15) is 0 Å². The lowest BCUT2D eigenvalue weighted by Crippen LogP contribution is -2.56. The Kier molecular flexibility index (Phi) is 12.8. The smallest absolute Gasteiger partial charge is 0.326 e. The van der Waals surface area contributed by atoms with Crippen LogP contribution in [0, 0.1) is 0 Å². The van der Waals surface area contributed by atoms with E-state index in [1.165, 1.54) is 4.90 Å². The molecule has 0 spiro atoms. The van der Waals surface area contributed by atoms with E-state index in [0.29, 0.717) is 6.42 Å². The molecular formula is C21H36N8O8. The number of guanidine groups is 1. The highest BCUT2D eigenvalue weighted by Crippen LogP contribution is 2.19. The van der Waals surface area contributed by atoms with Crippen molar-refractivity contribution in [2.24, 2.45) is 27.9 Å². The molecule has 1 aliphatic rings. The van der Waals surface area contributed by atoms with Gasteiger partial charge in [-0.3, -0.25) is 29.0 Å². The third kappa shape index (κ3) is 11.1. The molecule has 16 heteroatoms. The van der Waals surface area contributed by atoms with Gasteiger partial charge in [0.2, 0.25) is 23.6 Å². The van der Waals surface area contributed by atoms with Crippen LogP contribution in [0.25, 0.3) is 0 Å². The van der Waals surface area contributed by atoms with E-state index in [-0.39, 0.29) is 64.0 Å². The van der Waals surface area contributed by atoms with Gasteiger partial charge < -0.3 is 48.7 Å². The molecule has 1 saturated heterocycles. The third-order valence-corrected chi connectivity index (χ3v) is 5.70. The Bertz CT molecular complexity index is 892. The lowest BCUT2D eigenvalue weighted by molar-refractivity contribution is -0.143. The summed E-state index contributed by atoms with van der Waals surface area (Å²) in [6, 6.07) is -4.71. The second kappa shape index (κ2) is 15.2. The molecule has 1 heterocycles. The number of carbonyl (C=O) groups is 6. The number of aliphatic carboxylic acids is 2. The van der Waals surface area contributed by atoms with Gasteiger partial charge >= 0.3 is 11.9 Å². The minimum absolute atomic E-state index is 0.00647. The molecule has 0 aromatic rings. The number of hydrogen-bond donors (Lipinski definition) is 8. The lowest BCUT2D eigenvalue weighted by Gasteiger charge is -2.28. The van der Waals surface area contributed by atoms with Crippen molar-refractivity contribution < 1.29 is 39.0 Å². The Labute approximate surface area is 213 Å². The van der Waals surface area contributed by atoms with Gasteiger partial charge in [-0.05, 0) is 38.5 Å². The van der Waals surface area contributed by atoms with Crippen LogP contribution in [0.5, 0.6) is 0 Å². The maximum atomic E-state index is 13.0. The second-order valence-corrected chi connectivity index (χ2v) is 8.64. The zero-order valence-electron chi connectivity index (χ0n) is 20.4. The van der Waals surface area contributed by atoms with Crippen LogP contribution in [0.1, 0.15) is 51.4 Å². The van der Waals surface area contributed by atoms with Gasteiger partial charge in [-0.1, -0.05) is 0 Å². The number of carboxylic acids is 2. The van der Waals surface area contributed by atoms with Gasteiger partial charge in [0.1, 0.15) is 18.1 Å². The summed E-state index contributed by atoms with van der Waals surface area (Å²) in [5.41, 5.74) is 21.4. The summed E-state index contributed by atoms with van der Waals surface area (Å²) >= 11 is 0. The molecule has 0 aliphatic carbocycles. The average Bonchev–Trinajstić information content (AvgIpc) is 3.30. The second-order valence-electron chi connectivity index (χ2n) is 8.64. The molecule has 37 heavy (non-hydrogen) atoms. The normalized spacial score (nSPS) is 17.2. The summed E-state index contributed by atoms with van der Waals surface area (Å²) in [4.78, 5) is 77.2. The molecule has 4 unspecified atom stereocenters. The molecule has 0 aromatic carbocycles. The van der Waals surface area contributed by atoms with Crippen molar-refractivity contribution in [3.05, 3.63) is 0 Å². The Morgan fingerprint density at radius 3 is 2.19 bits per heavy atom. The quantitative estimate of drug-likeness (QED) is 0.0553. The Balaban J connectivity index is 2.90.